The monoisotopic (exact) mass is 868 g/mol. The Kier molecular flexibility index (Phi) is 10.5. The summed E-state index contributed by atoms with van der Waals surface area (Å²) in [5.41, 5.74) is 11.9. The summed E-state index contributed by atoms with van der Waals surface area (Å²) >= 11 is 0. The molecule has 2 heterocycles. The summed E-state index contributed by atoms with van der Waals surface area (Å²) in [6.45, 7) is 32.0. The van der Waals surface area contributed by atoms with Crippen LogP contribution in [-0.4, -0.2) is 19.6 Å². The Bertz CT molecular complexity index is 2290. The molecule has 0 fully saturated rings. The molecule has 0 amide bonds. The van der Waals surface area contributed by atoms with Crippen molar-refractivity contribution in [3.63, 3.8) is 0 Å². The van der Waals surface area contributed by atoms with Gasteiger partial charge >= 0.3 is 0 Å². The minimum absolute atomic E-state index is 0. The maximum Gasteiger partial charge on any atom is 0.190 e. The number of hydrogen-bond donors (Lipinski definition) is 1. The molecule has 0 spiro atoms. The normalized spacial score (nSPS) is 12.2. The van der Waals surface area contributed by atoms with E-state index in [-0.39, 0.29) is 43.1 Å². The quantitative estimate of drug-likeness (QED) is 0.176. The predicted octanol–water partition coefficient (Wildman–Crippen LogP) is 12.5. The van der Waals surface area contributed by atoms with Gasteiger partial charge in [-0.25, -0.2) is 9.83 Å². The molecule has 52 heavy (non-hydrogen) atoms. The Hall–Kier alpha value is -4.52. The van der Waals surface area contributed by atoms with E-state index in [9.17, 15) is 5.11 Å². The molecule has 0 aliphatic heterocycles. The largest absolute Gasteiger partial charge is 0.509 e. The number of pyridine rings is 1. The summed E-state index contributed by atoms with van der Waals surface area (Å²) < 4.78 is 2.16. The third kappa shape index (κ3) is 7.65. The average molecular weight is 869 g/mol. The van der Waals surface area contributed by atoms with E-state index in [0.29, 0.717) is 23.0 Å². The van der Waals surface area contributed by atoms with E-state index in [1.165, 1.54) is 28.3 Å². The van der Waals surface area contributed by atoms with Gasteiger partial charge in [0.2, 0.25) is 0 Å². The van der Waals surface area contributed by atoms with E-state index < -0.39 is 0 Å². The zero-order valence-corrected chi connectivity index (χ0v) is 34.5. The second kappa shape index (κ2) is 14.1. The number of rotatable bonds is 5. The Morgan fingerprint density at radius 3 is 1.92 bits per heavy atom. The van der Waals surface area contributed by atoms with Crippen molar-refractivity contribution in [3.05, 3.63) is 125 Å². The van der Waals surface area contributed by atoms with E-state index >= 15 is 0 Å². The van der Waals surface area contributed by atoms with Crippen LogP contribution in [0.3, 0.4) is 0 Å². The molecule has 0 atom stereocenters. The minimum atomic E-state index is -0.125. The van der Waals surface area contributed by atoms with Gasteiger partial charge in [0.15, 0.2) is 5.69 Å². The van der Waals surface area contributed by atoms with E-state index in [4.69, 9.17) is 16.5 Å². The van der Waals surface area contributed by atoms with Gasteiger partial charge in [0.05, 0.1) is 23.2 Å². The second-order valence-corrected chi connectivity index (χ2v) is 17.1. The molecule has 4 aromatic carbocycles. The fraction of sp³-hybridized carbons (Fsp3) is 0.326. The molecule has 1 N–H and O–H groups in total. The first-order valence-corrected chi connectivity index (χ1v) is 17.8. The molecule has 5 nitrogen and oxygen atoms in total. The third-order valence-electron chi connectivity index (χ3n) is 9.70. The van der Waals surface area contributed by atoms with Crippen LogP contribution >= 0.6 is 0 Å². The molecule has 0 saturated heterocycles. The molecule has 0 radical (unpaired) electrons. The van der Waals surface area contributed by atoms with Crippen molar-refractivity contribution < 1.29 is 26.2 Å². The smallest absolute Gasteiger partial charge is 0.190 e. The van der Waals surface area contributed by atoms with Gasteiger partial charge < -0.3 is 5.11 Å². The van der Waals surface area contributed by atoms with Crippen LogP contribution < -0.4 is 0 Å². The SMILES string of the molecule is [C-]#[N+]c1ccc(-c2nc3c(-c4[c-]c(-c5cc(C(C)C)ccn5)cc(C(C)(C)C)c4)cccc3n2-c2cc(C(C)(C)C)cc(C(C)(C)C)c2)c(O)c1.[Pt]. The fourth-order valence-electron chi connectivity index (χ4n) is 6.38. The first-order valence-electron chi connectivity index (χ1n) is 17.8. The number of hydrogen-bond acceptors (Lipinski definition) is 3. The number of aromatic hydroxyl groups is 1. The van der Waals surface area contributed by atoms with Crippen molar-refractivity contribution in [2.75, 3.05) is 0 Å². The molecule has 0 saturated carbocycles. The van der Waals surface area contributed by atoms with Crippen LogP contribution in [0.1, 0.15) is 104 Å². The van der Waals surface area contributed by atoms with Gasteiger partial charge in [-0.15, -0.1) is 29.3 Å². The number of phenols is 1. The zero-order chi connectivity index (χ0) is 37.0. The van der Waals surface area contributed by atoms with Crippen molar-refractivity contribution in [3.8, 4) is 45.2 Å². The number of aromatic nitrogens is 3. The summed E-state index contributed by atoms with van der Waals surface area (Å²) in [4.78, 5) is 13.7. The molecule has 0 aliphatic rings. The van der Waals surface area contributed by atoms with Crippen molar-refractivity contribution in [2.24, 2.45) is 0 Å². The van der Waals surface area contributed by atoms with E-state index in [1.54, 1.807) is 12.1 Å². The predicted molar refractivity (Wildman–Crippen MR) is 212 cm³/mol. The van der Waals surface area contributed by atoms with Gasteiger partial charge in [0.25, 0.3) is 0 Å². The van der Waals surface area contributed by atoms with Gasteiger partial charge in [-0.05, 0) is 69.2 Å². The van der Waals surface area contributed by atoms with Crippen LogP contribution in [0.25, 0.3) is 55.3 Å². The Balaban J connectivity index is 0.00000523. The number of imidazole rings is 1. The molecule has 6 aromatic rings. The van der Waals surface area contributed by atoms with E-state index in [2.05, 4.69) is 152 Å². The summed E-state index contributed by atoms with van der Waals surface area (Å²) in [6, 6.07) is 30.6. The van der Waals surface area contributed by atoms with Crippen LogP contribution in [-0.2, 0) is 37.3 Å². The summed E-state index contributed by atoms with van der Waals surface area (Å²) in [5.74, 6) is 1.00. The van der Waals surface area contributed by atoms with Gasteiger partial charge in [0, 0.05) is 38.6 Å². The molecular weight excluding hydrogens is 820 g/mol. The molecule has 2 aromatic heterocycles. The number of nitrogens with zero attached hydrogens (tertiary/aromatic N) is 4. The molecule has 270 valence electrons. The molecule has 0 aliphatic carbocycles. The Morgan fingerprint density at radius 1 is 0.731 bits per heavy atom. The standard InChI is InChI=1S/C46H49N4O.Pt/c1-28(2)29-18-19-48-39(23-29)31-20-30(21-32(22-31)44(3,4)5)37-14-13-15-40-42(37)49-43(38-17-16-35(47-12)27-41(38)51)50(40)36-25-33(45(6,7)8)24-34(26-36)46(9,10)11;/h13-19,21-28,51H,1-11H3;/q-1;. The van der Waals surface area contributed by atoms with Crippen LogP contribution in [0.15, 0.2) is 85.1 Å². The first-order chi connectivity index (χ1) is 23.8. The van der Waals surface area contributed by atoms with Crippen molar-refractivity contribution in [1.29, 1.82) is 0 Å². The topological polar surface area (TPSA) is 55.3 Å². The van der Waals surface area contributed by atoms with Crippen LogP contribution in [0.5, 0.6) is 5.75 Å². The molecule has 6 rings (SSSR count). The number of phenolic OH excluding ortho intramolecular Hbond substituents is 1. The molecule has 0 unspecified atom stereocenters. The third-order valence-corrected chi connectivity index (χ3v) is 9.70. The van der Waals surface area contributed by atoms with Gasteiger partial charge in [-0.2, -0.15) is 0 Å². The molecule has 0 bridgehead atoms. The minimum Gasteiger partial charge on any atom is -0.509 e. The van der Waals surface area contributed by atoms with E-state index in [1.807, 2.05) is 6.20 Å². The van der Waals surface area contributed by atoms with Crippen LogP contribution in [0.2, 0.25) is 0 Å². The Morgan fingerprint density at radius 2 is 1.35 bits per heavy atom. The van der Waals surface area contributed by atoms with Gasteiger partial charge in [-0.1, -0.05) is 124 Å². The first kappa shape index (κ1) is 38.7. The van der Waals surface area contributed by atoms with Crippen molar-refractivity contribution in [1.82, 2.24) is 14.5 Å². The maximum atomic E-state index is 11.4. The summed E-state index contributed by atoms with van der Waals surface area (Å²) in [7, 11) is 0. The Labute approximate surface area is 324 Å². The molecule has 6 heteroatoms. The van der Waals surface area contributed by atoms with E-state index in [0.717, 1.165) is 39.1 Å². The zero-order valence-electron chi connectivity index (χ0n) is 32.2. The van der Waals surface area contributed by atoms with Crippen LogP contribution in [0.4, 0.5) is 5.69 Å². The fourth-order valence-corrected chi connectivity index (χ4v) is 6.38. The molecular formula is C46H49N4OPt-. The summed E-state index contributed by atoms with van der Waals surface area (Å²) in [6.07, 6.45) is 1.89. The van der Waals surface area contributed by atoms with Gasteiger partial charge in [0.1, 0.15) is 11.6 Å². The van der Waals surface area contributed by atoms with Crippen molar-refractivity contribution in [2.45, 2.75) is 98.3 Å². The van der Waals surface area contributed by atoms with Gasteiger partial charge in [-0.3, -0.25) is 9.55 Å². The number of para-hydroxylation sites is 1. The second-order valence-electron chi connectivity index (χ2n) is 17.1. The number of fused-ring (bicyclic) bond motifs is 1. The summed E-state index contributed by atoms with van der Waals surface area (Å²) in [5, 5.41) is 11.4. The maximum absolute atomic E-state index is 11.4. The number of benzene rings is 4. The average Bonchev–Trinajstić information content (AvgIpc) is 3.46. The van der Waals surface area contributed by atoms with Crippen LogP contribution in [0, 0.1) is 12.6 Å². The van der Waals surface area contributed by atoms with Crippen molar-refractivity contribution >= 4 is 16.7 Å².